The standard InChI is InChI=1S/C21H26OS/c1-2-5-16(6-3-1)15-22-20-11-10-17-13-19(9-8-18(17)14-20)21-7-4-12-23-21/h8-11,13-14,16,21H,1-7,12,15H2. The molecule has 2 aliphatic rings. The first kappa shape index (κ1) is 15.4. The molecular formula is C21H26OS. The zero-order chi connectivity index (χ0) is 15.5. The Labute approximate surface area is 143 Å². The third-order valence-corrected chi connectivity index (χ3v) is 6.78. The van der Waals surface area contributed by atoms with Crippen molar-refractivity contribution in [3.63, 3.8) is 0 Å². The van der Waals surface area contributed by atoms with E-state index in [2.05, 4.69) is 48.2 Å². The van der Waals surface area contributed by atoms with Crippen LogP contribution in [-0.4, -0.2) is 12.4 Å². The summed E-state index contributed by atoms with van der Waals surface area (Å²) in [6.07, 6.45) is 9.56. The minimum Gasteiger partial charge on any atom is -0.493 e. The molecule has 0 spiro atoms. The van der Waals surface area contributed by atoms with Gasteiger partial charge in [-0.05, 0) is 65.8 Å². The van der Waals surface area contributed by atoms with Crippen molar-refractivity contribution >= 4 is 22.5 Å². The van der Waals surface area contributed by atoms with E-state index in [9.17, 15) is 0 Å². The molecule has 0 bridgehead atoms. The van der Waals surface area contributed by atoms with Gasteiger partial charge in [-0.15, -0.1) is 0 Å². The van der Waals surface area contributed by atoms with Crippen molar-refractivity contribution < 1.29 is 4.74 Å². The smallest absolute Gasteiger partial charge is 0.119 e. The van der Waals surface area contributed by atoms with E-state index in [0.717, 1.165) is 18.3 Å². The molecule has 2 aromatic rings. The largest absolute Gasteiger partial charge is 0.493 e. The lowest BCUT2D eigenvalue weighted by Crippen LogP contribution is -2.15. The molecule has 2 fully saturated rings. The molecule has 0 aromatic heterocycles. The van der Waals surface area contributed by atoms with E-state index >= 15 is 0 Å². The fourth-order valence-electron chi connectivity index (χ4n) is 3.94. The molecule has 1 saturated heterocycles. The summed E-state index contributed by atoms with van der Waals surface area (Å²) < 4.78 is 6.08. The third kappa shape index (κ3) is 3.68. The zero-order valence-electron chi connectivity index (χ0n) is 13.8. The van der Waals surface area contributed by atoms with Gasteiger partial charge in [0.2, 0.25) is 0 Å². The van der Waals surface area contributed by atoms with E-state index in [1.807, 2.05) is 0 Å². The maximum atomic E-state index is 6.08. The second-order valence-corrected chi connectivity index (χ2v) is 8.40. The van der Waals surface area contributed by atoms with Crippen LogP contribution in [0.2, 0.25) is 0 Å². The van der Waals surface area contributed by atoms with Crippen LogP contribution in [0.1, 0.15) is 55.8 Å². The number of ether oxygens (including phenoxy) is 1. The lowest BCUT2D eigenvalue weighted by Gasteiger charge is -2.21. The number of rotatable bonds is 4. The first-order valence-corrected chi connectivity index (χ1v) is 10.2. The predicted octanol–water partition coefficient (Wildman–Crippen LogP) is 6.37. The Balaban J connectivity index is 1.46. The van der Waals surface area contributed by atoms with Crippen molar-refractivity contribution in [2.75, 3.05) is 12.4 Å². The molecule has 2 aromatic carbocycles. The summed E-state index contributed by atoms with van der Waals surface area (Å²) >= 11 is 2.11. The predicted molar refractivity (Wildman–Crippen MR) is 100 cm³/mol. The summed E-state index contributed by atoms with van der Waals surface area (Å²) in [5.41, 5.74) is 1.50. The fraction of sp³-hybridized carbons (Fsp3) is 0.524. The van der Waals surface area contributed by atoms with Gasteiger partial charge in [-0.2, -0.15) is 11.8 Å². The summed E-state index contributed by atoms with van der Waals surface area (Å²) in [6, 6.07) is 13.6. The number of thioether (sulfide) groups is 1. The molecule has 1 heterocycles. The lowest BCUT2D eigenvalue weighted by atomic mass is 9.90. The van der Waals surface area contributed by atoms with E-state index in [1.165, 1.54) is 67.0 Å². The molecule has 0 radical (unpaired) electrons. The van der Waals surface area contributed by atoms with Gasteiger partial charge < -0.3 is 4.74 Å². The summed E-state index contributed by atoms with van der Waals surface area (Å²) in [7, 11) is 0. The number of benzene rings is 2. The van der Waals surface area contributed by atoms with Crippen LogP contribution in [0.3, 0.4) is 0 Å². The van der Waals surface area contributed by atoms with Gasteiger partial charge in [-0.25, -0.2) is 0 Å². The molecule has 0 amide bonds. The van der Waals surface area contributed by atoms with Crippen LogP contribution >= 0.6 is 11.8 Å². The van der Waals surface area contributed by atoms with Gasteiger partial charge >= 0.3 is 0 Å². The van der Waals surface area contributed by atoms with Crippen molar-refractivity contribution in [3.05, 3.63) is 42.0 Å². The minimum absolute atomic E-state index is 0.710. The molecule has 1 atom stereocenters. The fourth-order valence-corrected chi connectivity index (χ4v) is 5.23. The maximum absolute atomic E-state index is 6.08. The highest BCUT2D eigenvalue weighted by molar-refractivity contribution is 7.99. The molecular weight excluding hydrogens is 300 g/mol. The molecule has 4 rings (SSSR count). The first-order valence-electron chi connectivity index (χ1n) is 9.16. The summed E-state index contributed by atoms with van der Waals surface area (Å²) in [5.74, 6) is 3.11. The van der Waals surface area contributed by atoms with Crippen molar-refractivity contribution in [3.8, 4) is 5.75 Å². The van der Waals surface area contributed by atoms with E-state index in [0.29, 0.717) is 5.25 Å². The van der Waals surface area contributed by atoms with Gasteiger partial charge in [0.05, 0.1) is 6.61 Å². The zero-order valence-corrected chi connectivity index (χ0v) is 14.6. The summed E-state index contributed by atoms with van der Waals surface area (Å²) in [5, 5.41) is 3.36. The van der Waals surface area contributed by atoms with Gasteiger partial charge in [0.25, 0.3) is 0 Å². The molecule has 122 valence electrons. The molecule has 0 N–H and O–H groups in total. The second kappa shape index (κ2) is 7.17. The van der Waals surface area contributed by atoms with E-state index in [4.69, 9.17) is 4.74 Å². The van der Waals surface area contributed by atoms with Crippen LogP contribution in [0.5, 0.6) is 5.75 Å². The van der Waals surface area contributed by atoms with Gasteiger partial charge in [-0.3, -0.25) is 0 Å². The van der Waals surface area contributed by atoms with Gasteiger partial charge in [0, 0.05) is 5.25 Å². The Hall–Kier alpha value is -1.15. The number of hydrogen-bond donors (Lipinski definition) is 0. The quantitative estimate of drug-likeness (QED) is 0.646. The van der Waals surface area contributed by atoms with Gasteiger partial charge in [-0.1, -0.05) is 43.5 Å². The molecule has 2 heteroatoms. The van der Waals surface area contributed by atoms with Crippen LogP contribution in [-0.2, 0) is 0 Å². The minimum atomic E-state index is 0.710. The number of fused-ring (bicyclic) bond motifs is 1. The van der Waals surface area contributed by atoms with Crippen LogP contribution < -0.4 is 4.74 Å². The molecule has 1 unspecified atom stereocenters. The Morgan fingerprint density at radius 1 is 0.870 bits per heavy atom. The van der Waals surface area contributed by atoms with Crippen molar-refractivity contribution in [1.29, 1.82) is 0 Å². The maximum Gasteiger partial charge on any atom is 0.119 e. The van der Waals surface area contributed by atoms with Gasteiger partial charge in [0.1, 0.15) is 5.75 Å². The van der Waals surface area contributed by atoms with Crippen LogP contribution in [0.15, 0.2) is 36.4 Å². The summed E-state index contributed by atoms with van der Waals surface area (Å²) in [6.45, 7) is 0.891. The highest BCUT2D eigenvalue weighted by Crippen LogP contribution is 2.40. The molecule has 1 aliphatic heterocycles. The average Bonchev–Trinajstić information content (AvgIpc) is 3.15. The van der Waals surface area contributed by atoms with E-state index in [1.54, 1.807) is 0 Å². The highest BCUT2D eigenvalue weighted by Gasteiger charge is 2.18. The third-order valence-electron chi connectivity index (χ3n) is 5.35. The Bertz CT molecular complexity index is 654. The van der Waals surface area contributed by atoms with Crippen molar-refractivity contribution in [2.24, 2.45) is 5.92 Å². The number of hydrogen-bond acceptors (Lipinski definition) is 2. The first-order chi connectivity index (χ1) is 11.4. The summed E-state index contributed by atoms with van der Waals surface area (Å²) in [4.78, 5) is 0. The molecule has 1 nitrogen and oxygen atoms in total. The van der Waals surface area contributed by atoms with E-state index in [-0.39, 0.29) is 0 Å². The highest BCUT2D eigenvalue weighted by atomic mass is 32.2. The molecule has 1 aliphatic carbocycles. The van der Waals surface area contributed by atoms with Crippen molar-refractivity contribution in [2.45, 2.75) is 50.2 Å². The topological polar surface area (TPSA) is 9.23 Å². The Morgan fingerprint density at radius 3 is 2.52 bits per heavy atom. The van der Waals surface area contributed by atoms with Crippen LogP contribution in [0, 0.1) is 5.92 Å². The Kier molecular flexibility index (Phi) is 4.80. The molecule has 23 heavy (non-hydrogen) atoms. The van der Waals surface area contributed by atoms with Crippen LogP contribution in [0.4, 0.5) is 0 Å². The van der Waals surface area contributed by atoms with Gasteiger partial charge in [0.15, 0.2) is 0 Å². The monoisotopic (exact) mass is 326 g/mol. The Morgan fingerprint density at radius 2 is 1.70 bits per heavy atom. The molecule has 1 saturated carbocycles. The van der Waals surface area contributed by atoms with Crippen LogP contribution in [0.25, 0.3) is 10.8 Å². The SMILES string of the molecule is c1cc2cc(C3CCCS3)ccc2cc1OCC1CCCCC1. The van der Waals surface area contributed by atoms with E-state index < -0.39 is 0 Å². The normalized spacial score (nSPS) is 22.5. The lowest BCUT2D eigenvalue weighted by molar-refractivity contribution is 0.209. The average molecular weight is 327 g/mol. The second-order valence-electron chi connectivity index (χ2n) is 7.09. The van der Waals surface area contributed by atoms with Crippen molar-refractivity contribution in [1.82, 2.24) is 0 Å².